The lowest BCUT2D eigenvalue weighted by Crippen LogP contribution is -2.43. The predicted octanol–water partition coefficient (Wildman–Crippen LogP) is 2.24. The van der Waals surface area contributed by atoms with Gasteiger partial charge >= 0.3 is 0 Å². The standard InChI is InChI=1S/C24H35N3O5/c1-6-32-15-7-12-27-23(28)21(17-8-9-19(30-4)20(16-17)31-5)22(24(27)29)26(3)18-10-13-25(2)14-11-18/h8-9,16,18H,6-7,10-15H2,1-5H3. The molecular formula is C24H35N3O5. The number of amides is 2. The van der Waals surface area contributed by atoms with Crippen LogP contribution in [0.15, 0.2) is 23.9 Å². The monoisotopic (exact) mass is 445 g/mol. The molecule has 0 unspecified atom stereocenters. The highest BCUT2D eigenvalue weighted by molar-refractivity contribution is 6.35. The molecule has 1 aromatic rings. The number of hydrogen-bond acceptors (Lipinski definition) is 7. The van der Waals surface area contributed by atoms with E-state index >= 15 is 0 Å². The summed E-state index contributed by atoms with van der Waals surface area (Å²) in [7, 11) is 7.17. The lowest BCUT2D eigenvalue weighted by atomic mass is 10.00. The molecule has 8 heteroatoms. The quantitative estimate of drug-likeness (QED) is 0.404. The zero-order chi connectivity index (χ0) is 23.3. The van der Waals surface area contributed by atoms with Crippen molar-refractivity contribution in [1.29, 1.82) is 0 Å². The summed E-state index contributed by atoms with van der Waals surface area (Å²) in [4.78, 5) is 32.6. The minimum Gasteiger partial charge on any atom is -0.493 e. The Hall–Kier alpha value is -2.58. The van der Waals surface area contributed by atoms with Crippen LogP contribution in [0, 0.1) is 0 Å². The Balaban J connectivity index is 1.98. The van der Waals surface area contributed by atoms with Crippen molar-refractivity contribution in [2.24, 2.45) is 0 Å². The lowest BCUT2D eigenvalue weighted by Gasteiger charge is -2.36. The molecule has 0 radical (unpaired) electrons. The Bertz CT molecular complexity index is 861. The van der Waals surface area contributed by atoms with E-state index in [-0.39, 0.29) is 17.9 Å². The van der Waals surface area contributed by atoms with Crippen LogP contribution in [0.5, 0.6) is 11.5 Å². The summed E-state index contributed by atoms with van der Waals surface area (Å²) in [6.07, 6.45) is 2.50. The van der Waals surface area contributed by atoms with Gasteiger partial charge in [0.05, 0.1) is 19.8 Å². The van der Waals surface area contributed by atoms with E-state index in [1.165, 1.54) is 4.90 Å². The molecule has 2 heterocycles. The number of nitrogens with zero attached hydrogens (tertiary/aromatic N) is 3. The number of carbonyl (C=O) groups is 2. The van der Waals surface area contributed by atoms with E-state index in [0.29, 0.717) is 54.5 Å². The summed E-state index contributed by atoms with van der Waals surface area (Å²) < 4.78 is 16.2. The molecule has 1 saturated heterocycles. The van der Waals surface area contributed by atoms with Crippen molar-refractivity contribution in [2.45, 2.75) is 32.2 Å². The molecule has 0 N–H and O–H groups in total. The first-order valence-electron chi connectivity index (χ1n) is 11.2. The molecule has 1 fully saturated rings. The van der Waals surface area contributed by atoms with Crippen molar-refractivity contribution in [3.05, 3.63) is 29.5 Å². The Morgan fingerprint density at radius 3 is 2.38 bits per heavy atom. The lowest BCUT2D eigenvalue weighted by molar-refractivity contribution is -0.137. The zero-order valence-corrected chi connectivity index (χ0v) is 19.8. The van der Waals surface area contributed by atoms with E-state index in [9.17, 15) is 9.59 Å². The first-order chi connectivity index (χ1) is 15.4. The Morgan fingerprint density at radius 1 is 1.06 bits per heavy atom. The van der Waals surface area contributed by atoms with E-state index in [2.05, 4.69) is 11.9 Å². The molecule has 0 atom stereocenters. The molecular weight excluding hydrogens is 410 g/mol. The van der Waals surface area contributed by atoms with Crippen molar-refractivity contribution in [3.63, 3.8) is 0 Å². The van der Waals surface area contributed by atoms with Gasteiger partial charge in [-0.1, -0.05) is 6.07 Å². The van der Waals surface area contributed by atoms with Crippen LogP contribution in [0.1, 0.15) is 31.7 Å². The number of piperidine rings is 1. The Morgan fingerprint density at radius 2 is 1.75 bits per heavy atom. The molecule has 0 bridgehead atoms. The molecule has 3 rings (SSSR count). The smallest absolute Gasteiger partial charge is 0.277 e. The van der Waals surface area contributed by atoms with Gasteiger partial charge in [-0.25, -0.2) is 0 Å². The number of hydrogen-bond donors (Lipinski definition) is 0. The summed E-state index contributed by atoms with van der Waals surface area (Å²) in [5, 5.41) is 0. The molecule has 0 aliphatic carbocycles. The van der Waals surface area contributed by atoms with Crippen molar-refractivity contribution < 1.29 is 23.8 Å². The normalized spacial score (nSPS) is 18.0. The van der Waals surface area contributed by atoms with Gasteiger partial charge in [0.1, 0.15) is 5.70 Å². The number of benzene rings is 1. The minimum atomic E-state index is -0.270. The van der Waals surface area contributed by atoms with Crippen LogP contribution in [0.3, 0.4) is 0 Å². The van der Waals surface area contributed by atoms with Crippen LogP contribution in [0.4, 0.5) is 0 Å². The summed E-state index contributed by atoms with van der Waals surface area (Å²) in [5.74, 6) is 0.590. The van der Waals surface area contributed by atoms with Gasteiger partial charge in [-0.2, -0.15) is 0 Å². The Kier molecular flexibility index (Phi) is 8.15. The summed E-state index contributed by atoms with van der Waals surface area (Å²) in [6.45, 7) is 5.32. The van der Waals surface area contributed by atoms with Crippen LogP contribution >= 0.6 is 0 Å². The van der Waals surface area contributed by atoms with Gasteiger partial charge in [0.15, 0.2) is 11.5 Å². The van der Waals surface area contributed by atoms with E-state index in [4.69, 9.17) is 14.2 Å². The highest BCUT2D eigenvalue weighted by atomic mass is 16.5. The van der Waals surface area contributed by atoms with Gasteiger partial charge in [-0.15, -0.1) is 0 Å². The Labute approximate surface area is 190 Å². The summed E-state index contributed by atoms with van der Waals surface area (Å²) in [5.41, 5.74) is 1.55. The van der Waals surface area contributed by atoms with Gasteiger partial charge in [-0.3, -0.25) is 14.5 Å². The van der Waals surface area contributed by atoms with Crippen molar-refractivity contribution in [3.8, 4) is 11.5 Å². The maximum absolute atomic E-state index is 13.5. The summed E-state index contributed by atoms with van der Waals surface area (Å²) >= 11 is 0. The predicted molar refractivity (Wildman–Crippen MR) is 123 cm³/mol. The number of rotatable bonds is 10. The second kappa shape index (κ2) is 10.8. The fourth-order valence-corrected chi connectivity index (χ4v) is 4.38. The third-order valence-corrected chi connectivity index (χ3v) is 6.28. The molecule has 0 spiro atoms. The fraction of sp³-hybridized carbons (Fsp3) is 0.583. The molecule has 1 aromatic carbocycles. The van der Waals surface area contributed by atoms with E-state index < -0.39 is 0 Å². The number of methoxy groups -OCH3 is 2. The van der Waals surface area contributed by atoms with Crippen LogP contribution in [0.25, 0.3) is 5.57 Å². The average molecular weight is 446 g/mol. The number of carbonyl (C=O) groups excluding carboxylic acids is 2. The largest absolute Gasteiger partial charge is 0.493 e. The first kappa shape index (κ1) is 24.1. The highest BCUT2D eigenvalue weighted by Crippen LogP contribution is 2.37. The third-order valence-electron chi connectivity index (χ3n) is 6.28. The number of imide groups is 1. The topological polar surface area (TPSA) is 71.6 Å². The molecule has 2 aliphatic heterocycles. The van der Waals surface area contributed by atoms with E-state index in [1.807, 2.05) is 24.9 Å². The summed E-state index contributed by atoms with van der Waals surface area (Å²) in [6, 6.07) is 5.56. The van der Waals surface area contributed by atoms with Gasteiger partial charge in [0.25, 0.3) is 11.8 Å². The molecule has 0 aromatic heterocycles. The number of ether oxygens (including phenoxy) is 3. The van der Waals surface area contributed by atoms with Crippen LogP contribution < -0.4 is 9.47 Å². The third kappa shape index (κ3) is 4.91. The SMILES string of the molecule is CCOCCCN1C(=O)C(c2ccc(OC)c(OC)c2)=C(N(C)C2CCN(C)CC2)C1=O. The van der Waals surface area contributed by atoms with Crippen molar-refractivity contribution in [2.75, 3.05) is 61.2 Å². The van der Waals surface area contributed by atoms with E-state index in [1.54, 1.807) is 26.4 Å². The minimum absolute atomic E-state index is 0.205. The van der Waals surface area contributed by atoms with Gasteiger partial charge in [-0.05, 0) is 64.0 Å². The zero-order valence-electron chi connectivity index (χ0n) is 19.8. The molecule has 32 heavy (non-hydrogen) atoms. The highest BCUT2D eigenvalue weighted by Gasteiger charge is 2.42. The fourth-order valence-electron chi connectivity index (χ4n) is 4.38. The molecule has 2 aliphatic rings. The maximum Gasteiger partial charge on any atom is 0.277 e. The number of likely N-dealkylation sites (tertiary alicyclic amines) is 1. The van der Waals surface area contributed by atoms with Crippen LogP contribution in [-0.2, 0) is 14.3 Å². The first-order valence-corrected chi connectivity index (χ1v) is 11.2. The van der Waals surface area contributed by atoms with Gasteiger partial charge < -0.3 is 24.0 Å². The maximum atomic E-state index is 13.5. The van der Waals surface area contributed by atoms with Crippen molar-refractivity contribution >= 4 is 17.4 Å². The van der Waals surface area contributed by atoms with Gasteiger partial charge in [0, 0.05) is 32.8 Å². The molecule has 176 valence electrons. The average Bonchev–Trinajstić information content (AvgIpc) is 3.05. The van der Waals surface area contributed by atoms with Crippen LogP contribution in [0.2, 0.25) is 0 Å². The molecule has 0 saturated carbocycles. The van der Waals surface area contributed by atoms with Crippen molar-refractivity contribution in [1.82, 2.24) is 14.7 Å². The number of likely N-dealkylation sites (N-methyl/N-ethyl adjacent to an activating group) is 1. The van der Waals surface area contributed by atoms with Crippen LogP contribution in [-0.4, -0.2) is 93.7 Å². The second-order valence-corrected chi connectivity index (χ2v) is 8.25. The molecule has 2 amide bonds. The van der Waals surface area contributed by atoms with Gasteiger partial charge in [0.2, 0.25) is 0 Å². The second-order valence-electron chi connectivity index (χ2n) is 8.25. The molecule has 8 nitrogen and oxygen atoms in total. The van der Waals surface area contributed by atoms with E-state index in [0.717, 1.165) is 25.9 Å².